The molecular weight excluding hydrogens is 443 g/mol. The van der Waals surface area contributed by atoms with Crippen molar-refractivity contribution in [2.45, 2.75) is 26.5 Å². The number of halogens is 2. The summed E-state index contributed by atoms with van der Waals surface area (Å²) in [6.45, 7) is 4.18. The van der Waals surface area contributed by atoms with Crippen LogP contribution in [0, 0.1) is 18.3 Å². The Kier molecular flexibility index (Phi) is 7.94. The monoisotopic (exact) mass is 464 g/mol. The molecule has 0 aliphatic rings. The molecule has 0 heterocycles. The predicted octanol–water partition coefficient (Wildman–Crippen LogP) is 6.67. The molecule has 1 amide bonds. The standard InChI is InChI=1S/C26H22Cl2N2O2/c1-17-7-6-8-19(11-17)16-32-25-23(27)13-20(14-24(25)28)12-22(15-29)26(31)30-18(2)21-9-4-3-5-10-21/h3-14,18H,16H2,1-2H3,(H,30,31)/b22-12-/t18-/m0/s1. The number of carbonyl (C=O) groups is 1. The third-order valence-electron chi connectivity index (χ3n) is 4.81. The van der Waals surface area contributed by atoms with E-state index in [0.717, 1.165) is 16.7 Å². The molecule has 0 saturated carbocycles. The van der Waals surface area contributed by atoms with Gasteiger partial charge in [0.25, 0.3) is 5.91 Å². The van der Waals surface area contributed by atoms with Gasteiger partial charge in [0.1, 0.15) is 18.2 Å². The van der Waals surface area contributed by atoms with Crippen molar-refractivity contribution < 1.29 is 9.53 Å². The van der Waals surface area contributed by atoms with Crippen LogP contribution in [0.25, 0.3) is 6.08 Å². The summed E-state index contributed by atoms with van der Waals surface area (Å²) in [4.78, 5) is 12.6. The maximum Gasteiger partial charge on any atom is 0.262 e. The molecule has 0 aliphatic heterocycles. The molecule has 0 bridgehead atoms. The molecule has 4 nitrogen and oxygen atoms in total. The van der Waals surface area contributed by atoms with Crippen LogP contribution in [-0.2, 0) is 11.4 Å². The van der Waals surface area contributed by atoms with E-state index in [0.29, 0.717) is 28.0 Å². The second-order valence-electron chi connectivity index (χ2n) is 7.37. The lowest BCUT2D eigenvalue weighted by atomic mass is 10.1. The number of ether oxygens (including phenoxy) is 1. The second-order valence-corrected chi connectivity index (χ2v) is 8.18. The lowest BCUT2D eigenvalue weighted by molar-refractivity contribution is -0.117. The van der Waals surface area contributed by atoms with Crippen LogP contribution in [0.4, 0.5) is 0 Å². The molecule has 3 rings (SSSR count). The van der Waals surface area contributed by atoms with E-state index in [2.05, 4.69) is 5.32 Å². The van der Waals surface area contributed by atoms with Crippen LogP contribution in [0.1, 0.15) is 35.2 Å². The molecule has 162 valence electrons. The number of nitriles is 1. The van der Waals surface area contributed by atoms with E-state index >= 15 is 0 Å². The van der Waals surface area contributed by atoms with Gasteiger partial charge in [-0.1, -0.05) is 83.4 Å². The fourth-order valence-electron chi connectivity index (χ4n) is 3.17. The first-order chi connectivity index (χ1) is 15.4. The number of rotatable bonds is 7. The molecule has 1 N–H and O–H groups in total. The molecule has 0 spiro atoms. The van der Waals surface area contributed by atoms with Crippen LogP contribution in [-0.4, -0.2) is 5.91 Å². The van der Waals surface area contributed by atoms with Gasteiger partial charge in [0, 0.05) is 0 Å². The summed E-state index contributed by atoms with van der Waals surface area (Å²) in [5, 5.41) is 12.9. The Bertz CT molecular complexity index is 1160. The van der Waals surface area contributed by atoms with E-state index in [1.807, 2.05) is 74.5 Å². The number of hydrogen-bond donors (Lipinski definition) is 1. The fraction of sp³-hybridized carbons (Fsp3) is 0.154. The minimum Gasteiger partial charge on any atom is -0.486 e. The highest BCUT2D eigenvalue weighted by Crippen LogP contribution is 2.35. The van der Waals surface area contributed by atoms with Crippen molar-refractivity contribution in [1.82, 2.24) is 5.32 Å². The minimum atomic E-state index is -0.476. The normalized spacial score (nSPS) is 12.0. The molecule has 0 radical (unpaired) electrons. The van der Waals surface area contributed by atoms with Crippen LogP contribution in [0.15, 0.2) is 72.3 Å². The quantitative estimate of drug-likeness (QED) is 0.313. The number of amides is 1. The largest absolute Gasteiger partial charge is 0.486 e. The van der Waals surface area contributed by atoms with Crippen LogP contribution in [0.3, 0.4) is 0 Å². The van der Waals surface area contributed by atoms with Crippen LogP contribution >= 0.6 is 23.2 Å². The summed E-state index contributed by atoms with van der Waals surface area (Å²) in [6, 6.07) is 22.4. The zero-order valence-corrected chi connectivity index (χ0v) is 19.2. The molecule has 0 aromatic heterocycles. The van der Waals surface area contributed by atoms with Crippen molar-refractivity contribution in [2.75, 3.05) is 0 Å². The number of aryl methyl sites for hydroxylation is 1. The molecule has 6 heteroatoms. The second kappa shape index (κ2) is 10.9. The fourth-order valence-corrected chi connectivity index (χ4v) is 3.79. The highest BCUT2D eigenvalue weighted by Gasteiger charge is 2.15. The molecule has 0 unspecified atom stereocenters. The van der Waals surface area contributed by atoms with Gasteiger partial charge in [-0.15, -0.1) is 0 Å². The van der Waals surface area contributed by atoms with Gasteiger partial charge >= 0.3 is 0 Å². The SMILES string of the molecule is Cc1cccc(COc2c(Cl)cc(/C=C(/C#N)C(=O)N[C@@H](C)c3ccccc3)cc2Cl)c1. The van der Waals surface area contributed by atoms with E-state index < -0.39 is 5.91 Å². The topological polar surface area (TPSA) is 62.1 Å². The van der Waals surface area contributed by atoms with E-state index in [4.69, 9.17) is 27.9 Å². The summed E-state index contributed by atoms with van der Waals surface area (Å²) in [7, 11) is 0. The Hall–Kier alpha value is -3.26. The summed E-state index contributed by atoms with van der Waals surface area (Å²) in [5.41, 5.74) is 3.56. The average molecular weight is 465 g/mol. The van der Waals surface area contributed by atoms with E-state index in [9.17, 15) is 10.1 Å². The van der Waals surface area contributed by atoms with Crippen molar-refractivity contribution in [3.8, 4) is 11.8 Å². The number of nitrogens with one attached hydrogen (secondary N) is 1. The van der Waals surface area contributed by atoms with Gasteiger partial charge in [-0.2, -0.15) is 5.26 Å². The van der Waals surface area contributed by atoms with Crippen molar-refractivity contribution >= 4 is 35.2 Å². The molecule has 32 heavy (non-hydrogen) atoms. The molecule has 0 fully saturated rings. The number of nitrogens with zero attached hydrogens (tertiary/aromatic N) is 1. The van der Waals surface area contributed by atoms with Crippen LogP contribution in [0.5, 0.6) is 5.75 Å². The molecule has 1 atom stereocenters. The first kappa shape index (κ1) is 23.4. The van der Waals surface area contributed by atoms with Crippen LogP contribution < -0.4 is 10.1 Å². The Balaban J connectivity index is 1.74. The summed E-state index contributed by atoms with van der Waals surface area (Å²) >= 11 is 12.8. The van der Waals surface area contributed by atoms with Crippen molar-refractivity contribution in [1.29, 1.82) is 5.26 Å². The molecule has 0 saturated heterocycles. The highest BCUT2D eigenvalue weighted by atomic mass is 35.5. The van der Waals surface area contributed by atoms with Gasteiger partial charge < -0.3 is 10.1 Å². The lowest BCUT2D eigenvalue weighted by Gasteiger charge is -2.14. The van der Waals surface area contributed by atoms with Crippen molar-refractivity contribution in [3.63, 3.8) is 0 Å². The summed E-state index contributed by atoms with van der Waals surface area (Å²) in [5.74, 6) is -0.122. The first-order valence-electron chi connectivity index (χ1n) is 10.0. The Labute approximate surface area is 198 Å². The number of hydrogen-bond acceptors (Lipinski definition) is 3. The Morgan fingerprint density at radius 2 is 1.78 bits per heavy atom. The van der Waals surface area contributed by atoms with Gasteiger partial charge in [0.15, 0.2) is 5.75 Å². The third kappa shape index (κ3) is 6.13. The third-order valence-corrected chi connectivity index (χ3v) is 5.37. The van der Waals surface area contributed by atoms with E-state index in [1.54, 1.807) is 12.1 Å². The first-order valence-corrected chi connectivity index (χ1v) is 10.8. The van der Waals surface area contributed by atoms with Crippen molar-refractivity contribution in [2.24, 2.45) is 0 Å². The van der Waals surface area contributed by atoms with E-state index in [-0.39, 0.29) is 11.6 Å². The lowest BCUT2D eigenvalue weighted by Crippen LogP contribution is -2.27. The van der Waals surface area contributed by atoms with Crippen LogP contribution in [0.2, 0.25) is 10.0 Å². The summed E-state index contributed by atoms with van der Waals surface area (Å²) in [6.07, 6.45) is 1.45. The zero-order valence-electron chi connectivity index (χ0n) is 17.7. The minimum absolute atomic E-state index is 0.0478. The average Bonchev–Trinajstić information content (AvgIpc) is 2.77. The summed E-state index contributed by atoms with van der Waals surface area (Å²) < 4.78 is 5.82. The molecule has 0 aliphatic carbocycles. The molecule has 3 aromatic rings. The Morgan fingerprint density at radius 1 is 1.09 bits per heavy atom. The van der Waals surface area contributed by atoms with Gasteiger partial charge in [0.2, 0.25) is 0 Å². The maximum atomic E-state index is 12.6. The van der Waals surface area contributed by atoms with Gasteiger partial charge in [0.05, 0.1) is 16.1 Å². The maximum absolute atomic E-state index is 12.6. The number of carbonyl (C=O) groups excluding carboxylic acids is 1. The molecular formula is C26H22Cl2N2O2. The zero-order chi connectivity index (χ0) is 23.1. The predicted molar refractivity (Wildman–Crippen MR) is 129 cm³/mol. The molecule has 3 aromatic carbocycles. The van der Waals surface area contributed by atoms with Gasteiger partial charge in [-0.3, -0.25) is 4.79 Å². The smallest absolute Gasteiger partial charge is 0.262 e. The van der Waals surface area contributed by atoms with Gasteiger partial charge in [-0.25, -0.2) is 0 Å². The highest BCUT2D eigenvalue weighted by molar-refractivity contribution is 6.37. The van der Waals surface area contributed by atoms with E-state index in [1.165, 1.54) is 6.08 Å². The van der Waals surface area contributed by atoms with Crippen molar-refractivity contribution in [3.05, 3.63) is 105 Å². The van der Waals surface area contributed by atoms with Gasteiger partial charge in [-0.05, 0) is 48.7 Å². The number of benzene rings is 3. The Morgan fingerprint density at radius 3 is 2.41 bits per heavy atom.